The van der Waals surface area contributed by atoms with Gasteiger partial charge in [0.2, 0.25) is 0 Å². The van der Waals surface area contributed by atoms with Crippen LogP contribution in [0.5, 0.6) is 0 Å². The lowest BCUT2D eigenvalue weighted by molar-refractivity contribution is 0.0765. The van der Waals surface area contributed by atoms with Gasteiger partial charge in [0.05, 0.1) is 0 Å². The summed E-state index contributed by atoms with van der Waals surface area (Å²) in [5, 5.41) is 0. The van der Waals surface area contributed by atoms with Crippen molar-refractivity contribution in [2.75, 3.05) is 39.8 Å². The highest BCUT2D eigenvalue weighted by atomic mass is 15.2. The van der Waals surface area contributed by atoms with Crippen LogP contribution in [0.2, 0.25) is 0 Å². The molecule has 2 rings (SSSR count). The molecule has 0 amide bonds. The molecular formula is C16H33N3. The maximum absolute atomic E-state index is 6.21. The largest absolute Gasteiger partial charge is 0.329 e. The Balaban J connectivity index is 1.96. The van der Waals surface area contributed by atoms with E-state index in [1.807, 2.05) is 0 Å². The number of hydrogen-bond donors (Lipinski definition) is 1. The van der Waals surface area contributed by atoms with Crippen LogP contribution < -0.4 is 5.73 Å². The topological polar surface area (TPSA) is 32.5 Å². The minimum Gasteiger partial charge on any atom is -0.329 e. The molecule has 0 radical (unpaired) electrons. The Labute approximate surface area is 119 Å². The van der Waals surface area contributed by atoms with Gasteiger partial charge in [-0.05, 0) is 57.2 Å². The van der Waals surface area contributed by atoms with Crippen molar-refractivity contribution in [2.24, 2.45) is 17.1 Å². The summed E-state index contributed by atoms with van der Waals surface area (Å²) >= 11 is 0. The molecule has 0 aromatic rings. The molecule has 0 aromatic carbocycles. The van der Waals surface area contributed by atoms with Crippen LogP contribution in [0.25, 0.3) is 0 Å². The highest BCUT2D eigenvalue weighted by Gasteiger charge is 2.49. The number of hydrogen-bond acceptors (Lipinski definition) is 3. The highest BCUT2D eigenvalue weighted by molar-refractivity contribution is 5.05. The predicted molar refractivity (Wildman–Crippen MR) is 82.3 cm³/mol. The first-order valence-electron chi connectivity index (χ1n) is 8.03. The van der Waals surface area contributed by atoms with Gasteiger partial charge >= 0.3 is 0 Å². The van der Waals surface area contributed by atoms with Crippen LogP contribution in [0.1, 0.15) is 46.5 Å². The van der Waals surface area contributed by atoms with Gasteiger partial charge in [0, 0.05) is 25.2 Å². The number of nitrogens with two attached hydrogens (primary N) is 1. The molecule has 0 bridgehead atoms. The van der Waals surface area contributed by atoms with E-state index in [4.69, 9.17) is 5.73 Å². The number of nitrogens with zero attached hydrogens (tertiary/aromatic N) is 2. The Morgan fingerprint density at radius 2 is 1.89 bits per heavy atom. The molecule has 112 valence electrons. The summed E-state index contributed by atoms with van der Waals surface area (Å²) in [5.41, 5.74) is 6.88. The van der Waals surface area contributed by atoms with Crippen molar-refractivity contribution in [2.45, 2.75) is 52.0 Å². The highest BCUT2D eigenvalue weighted by Crippen LogP contribution is 2.49. The molecular weight excluding hydrogens is 234 g/mol. The second-order valence-corrected chi connectivity index (χ2v) is 7.72. The lowest BCUT2D eigenvalue weighted by Crippen LogP contribution is -2.55. The van der Waals surface area contributed by atoms with E-state index < -0.39 is 0 Å². The Morgan fingerprint density at radius 3 is 2.37 bits per heavy atom. The standard InChI is InChI=1S/C16H33N3/c1-14-11-15(2,3)12-16(14,13-17)18(4)9-10-19-7-5-6-8-19/h14H,5-13,17H2,1-4H3. The quantitative estimate of drug-likeness (QED) is 0.828. The molecule has 1 heterocycles. The van der Waals surface area contributed by atoms with Gasteiger partial charge in [-0.2, -0.15) is 0 Å². The van der Waals surface area contributed by atoms with E-state index in [1.54, 1.807) is 0 Å². The molecule has 1 saturated heterocycles. The molecule has 2 atom stereocenters. The first kappa shape index (κ1) is 15.3. The molecule has 2 fully saturated rings. The molecule has 0 aromatic heterocycles. The van der Waals surface area contributed by atoms with Gasteiger partial charge in [-0.15, -0.1) is 0 Å². The zero-order chi connectivity index (χ0) is 14.1. The summed E-state index contributed by atoms with van der Waals surface area (Å²) in [6.07, 6.45) is 5.32. The lowest BCUT2D eigenvalue weighted by Gasteiger charge is -2.43. The summed E-state index contributed by atoms with van der Waals surface area (Å²) in [5.74, 6) is 0.705. The van der Waals surface area contributed by atoms with Crippen molar-refractivity contribution in [3.05, 3.63) is 0 Å². The van der Waals surface area contributed by atoms with E-state index in [0.717, 1.165) is 13.1 Å². The monoisotopic (exact) mass is 267 g/mol. The molecule has 1 aliphatic carbocycles. The van der Waals surface area contributed by atoms with Crippen LogP contribution in [-0.2, 0) is 0 Å². The van der Waals surface area contributed by atoms with Crippen LogP contribution in [0, 0.1) is 11.3 Å². The first-order chi connectivity index (χ1) is 8.89. The average Bonchev–Trinajstić information content (AvgIpc) is 2.92. The third kappa shape index (κ3) is 3.14. The normalized spacial score (nSPS) is 35.4. The first-order valence-corrected chi connectivity index (χ1v) is 8.03. The molecule has 19 heavy (non-hydrogen) atoms. The molecule has 2 N–H and O–H groups in total. The maximum Gasteiger partial charge on any atom is 0.0359 e. The Bertz CT molecular complexity index is 296. The van der Waals surface area contributed by atoms with Gasteiger partial charge in [0.15, 0.2) is 0 Å². The van der Waals surface area contributed by atoms with Crippen molar-refractivity contribution < 1.29 is 0 Å². The Morgan fingerprint density at radius 1 is 1.26 bits per heavy atom. The molecule has 3 nitrogen and oxygen atoms in total. The van der Waals surface area contributed by atoms with E-state index in [-0.39, 0.29) is 5.54 Å². The Hall–Kier alpha value is -0.120. The van der Waals surface area contributed by atoms with Crippen LogP contribution in [0.4, 0.5) is 0 Å². The van der Waals surface area contributed by atoms with Crippen molar-refractivity contribution in [1.29, 1.82) is 0 Å². The molecule has 2 unspecified atom stereocenters. The number of likely N-dealkylation sites (N-methyl/N-ethyl adjacent to an activating group) is 1. The minimum atomic E-state index is 0.225. The summed E-state index contributed by atoms with van der Waals surface area (Å²) < 4.78 is 0. The van der Waals surface area contributed by atoms with E-state index in [9.17, 15) is 0 Å². The van der Waals surface area contributed by atoms with Gasteiger partial charge in [-0.3, -0.25) is 4.90 Å². The average molecular weight is 267 g/mol. The third-order valence-corrected chi connectivity index (χ3v) is 5.62. The minimum absolute atomic E-state index is 0.225. The zero-order valence-electron chi connectivity index (χ0n) is 13.4. The van der Waals surface area contributed by atoms with Gasteiger partial charge < -0.3 is 10.6 Å². The third-order valence-electron chi connectivity index (χ3n) is 5.62. The molecule has 3 heteroatoms. The van der Waals surface area contributed by atoms with Gasteiger partial charge in [0.25, 0.3) is 0 Å². The van der Waals surface area contributed by atoms with Crippen molar-refractivity contribution in [3.63, 3.8) is 0 Å². The molecule has 2 aliphatic rings. The van der Waals surface area contributed by atoms with Crippen molar-refractivity contribution >= 4 is 0 Å². The van der Waals surface area contributed by atoms with Gasteiger partial charge in [-0.25, -0.2) is 0 Å². The van der Waals surface area contributed by atoms with Crippen LogP contribution in [-0.4, -0.2) is 55.1 Å². The van der Waals surface area contributed by atoms with E-state index >= 15 is 0 Å². The summed E-state index contributed by atoms with van der Waals surface area (Å²) in [6, 6.07) is 0. The smallest absolute Gasteiger partial charge is 0.0359 e. The van der Waals surface area contributed by atoms with E-state index in [1.165, 1.54) is 45.3 Å². The zero-order valence-corrected chi connectivity index (χ0v) is 13.4. The molecule has 0 spiro atoms. The fourth-order valence-electron chi connectivity index (χ4n) is 4.55. The predicted octanol–water partition coefficient (Wildman–Crippen LogP) is 2.17. The van der Waals surface area contributed by atoms with E-state index in [2.05, 4.69) is 37.6 Å². The molecule has 1 saturated carbocycles. The Kier molecular flexibility index (Phi) is 4.59. The van der Waals surface area contributed by atoms with Crippen molar-refractivity contribution in [3.8, 4) is 0 Å². The maximum atomic E-state index is 6.21. The second kappa shape index (κ2) is 5.71. The van der Waals surface area contributed by atoms with Crippen LogP contribution in [0.3, 0.4) is 0 Å². The summed E-state index contributed by atoms with van der Waals surface area (Å²) in [7, 11) is 2.29. The fourth-order valence-corrected chi connectivity index (χ4v) is 4.55. The van der Waals surface area contributed by atoms with Crippen molar-refractivity contribution in [1.82, 2.24) is 9.80 Å². The summed E-state index contributed by atoms with van der Waals surface area (Å²) in [6.45, 7) is 13.0. The van der Waals surface area contributed by atoms with Crippen LogP contribution >= 0.6 is 0 Å². The van der Waals surface area contributed by atoms with Crippen LogP contribution in [0.15, 0.2) is 0 Å². The summed E-state index contributed by atoms with van der Waals surface area (Å²) in [4.78, 5) is 5.18. The molecule has 1 aliphatic heterocycles. The van der Waals surface area contributed by atoms with Gasteiger partial charge in [-0.1, -0.05) is 20.8 Å². The van der Waals surface area contributed by atoms with Gasteiger partial charge in [0.1, 0.15) is 0 Å². The fraction of sp³-hybridized carbons (Fsp3) is 1.00. The second-order valence-electron chi connectivity index (χ2n) is 7.72. The number of likely N-dealkylation sites (tertiary alicyclic amines) is 1. The lowest BCUT2D eigenvalue weighted by atomic mass is 9.85. The number of rotatable bonds is 5. The SMILES string of the molecule is CC1CC(C)(C)CC1(CN)N(C)CCN1CCCC1. The van der Waals surface area contributed by atoms with E-state index in [0.29, 0.717) is 11.3 Å².